The van der Waals surface area contributed by atoms with E-state index in [1.807, 2.05) is 0 Å². The largest absolute Gasteiger partial charge is 0.302 e. The SMILES string of the molecule is CC(C)c1ccc(C2=CCCN(C)C2)cc1. The summed E-state index contributed by atoms with van der Waals surface area (Å²) in [5, 5.41) is 0. The third-order valence-corrected chi connectivity index (χ3v) is 3.29. The average Bonchev–Trinajstić information content (AvgIpc) is 2.29. The third kappa shape index (κ3) is 2.53. The van der Waals surface area contributed by atoms with Gasteiger partial charge in [0.25, 0.3) is 0 Å². The fourth-order valence-electron chi connectivity index (χ4n) is 2.18. The van der Waals surface area contributed by atoms with Gasteiger partial charge >= 0.3 is 0 Å². The predicted molar refractivity (Wildman–Crippen MR) is 70.6 cm³/mol. The van der Waals surface area contributed by atoms with Gasteiger partial charge < -0.3 is 4.90 Å². The molecule has 0 fully saturated rings. The summed E-state index contributed by atoms with van der Waals surface area (Å²) in [6, 6.07) is 9.05. The van der Waals surface area contributed by atoms with E-state index in [-0.39, 0.29) is 0 Å². The predicted octanol–water partition coefficient (Wildman–Crippen LogP) is 3.53. The molecule has 0 saturated carbocycles. The summed E-state index contributed by atoms with van der Waals surface area (Å²) in [5.41, 5.74) is 4.29. The van der Waals surface area contributed by atoms with E-state index in [4.69, 9.17) is 0 Å². The lowest BCUT2D eigenvalue weighted by Gasteiger charge is -2.23. The fourth-order valence-corrected chi connectivity index (χ4v) is 2.18. The van der Waals surface area contributed by atoms with Crippen molar-refractivity contribution in [2.75, 3.05) is 20.1 Å². The van der Waals surface area contributed by atoms with Crippen molar-refractivity contribution in [2.45, 2.75) is 26.2 Å². The summed E-state index contributed by atoms with van der Waals surface area (Å²) in [6.45, 7) is 6.75. The van der Waals surface area contributed by atoms with Crippen LogP contribution < -0.4 is 0 Å². The van der Waals surface area contributed by atoms with Crippen LogP contribution in [0.2, 0.25) is 0 Å². The molecular formula is C15H21N. The van der Waals surface area contributed by atoms with Gasteiger partial charge in [-0.3, -0.25) is 0 Å². The molecule has 0 saturated heterocycles. The van der Waals surface area contributed by atoms with Crippen LogP contribution in [0.4, 0.5) is 0 Å². The lowest BCUT2D eigenvalue weighted by molar-refractivity contribution is 0.373. The Balaban J connectivity index is 2.18. The van der Waals surface area contributed by atoms with Gasteiger partial charge in [0.15, 0.2) is 0 Å². The van der Waals surface area contributed by atoms with Crippen LogP contribution in [-0.4, -0.2) is 25.0 Å². The summed E-state index contributed by atoms with van der Waals surface area (Å²) in [4.78, 5) is 2.38. The van der Waals surface area contributed by atoms with Gasteiger partial charge in [0.05, 0.1) is 0 Å². The molecule has 1 aromatic carbocycles. The second kappa shape index (κ2) is 4.84. The fraction of sp³-hybridized carbons (Fsp3) is 0.467. The average molecular weight is 215 g/mol. The third-order valence-electron chi connectivity index (χ3n) is 3.29. The Hall–Kier alpha value is -1.08. The molecule has 1 aromatic rings. The first-order valence-corrected chi connectivity index (χ1v) is 6.14. The van der Waals surface area contributed by atoms with Gasteiger partial charge in [0, 0.05) is 13.1 Å². The van der Waals surface area contributed by atoms with Crippen LogP contribution in [-0.2, 0) is 0 Å². The molecule has 0 N–H and O–H groups in total. The molecule has 1 aliphatic heterocycles. The van der Waals surface area contributed by atoms with Gasteiger partial charge in [-0.05, 0) is 36.1 Å². The van der Waals surface area contributed by atoms with E-state index in [0.29, 0.717) is 5.92 Å². The molecule has 1 nitrogen and oxygen atoms in total. The van der Waals surface area contributed by atoms with E-state index >= 15 is 0 Å². The van der Waals surface area contributed by atoms with Crippen molar-refractivity contribution in [3.8, 4) is 0 Å². The van der Waals surface area contributed by atoms with E-state index < -0.39 is 0 Å². The number of hydrogen-bond acceptors (Lipinski definition) is 1. The molecule has 0 atom stereocenters. The Morgan fingerprint density at radius 3 is 2.38 bits per heavy atom. The number of likely N-dealkylation sites (N-methyl/N-ethyl adjacent to an activating group) is 1. The lowest BCUT2D eigenvalue weighted by Crippen LogP contribution is -2.24. The van der Waals surface area contributed by atoms with Crippen LogP contribution in [0.5, 0.6) is 0 Å². The minimum atomic E-state index is 0.622. The van der Waals surface area contributed by atoms with Crippen molar-refractivity contribution in [3.63, 3.8) is 0 Å². The van der Waals surface area contributed by atoms with Gasteiger partial charge in [0.2, 0.25) is 0 Å². The molecule has 0 aliphatic carbocycles. The normalized spacial score (nSPS) is 17.6. The Bertz CT molecular complexity index is 373. The van der Waals surface area contributed by atoms with E-state index in [0.717, 1.165) is 6.54 Å². The molecule has 2 rings (SSSR count). The maximum Gasteiger partial charge on any atom is 0.0233 e. The highest BCUT2D eigenvalue weighted by atomic mass is 15.1. The molecule has 0 unspecified atom stereocenters. The Morgan fingerprint density at radius 1 is 1.12 bits per heavy atom. The number of hydrogen-bond donors (Lipinski definition) is 0. The van der Waals surface area contributed by atoms with Crippen molar-refractivity contribution < 1.29 is 0 Å². The summed E-state index contributed by atoms with van der Waals surface area (Å²) in [7, 11) is 2.19. The molecule has 86 valence electrons. The van der Waals surface area contributed by atoms with Crippen molar-refractivity contribution >= 4 is 5.57 Å². The second-order valence-electron chi connectivity index (χ2n) is 5.03. The Kier molecular flexibility index (Phi) is 3.45. The number of benzene rings is 1. The first kappa shape index (κ1) is 11.4. The number of rotatable bonds is 2. The van der Waals surface area contributed by atoms with E-state index in [1.165, 1.54) is 29.7 Å². The smallest absolute Gasteiger partial charge is 0.0233 e. The monoisotopic (exact) mass is 215 g/mol. The molecule has 0 spiro atoms. The maximum absolute atomic E-state index is 2.38. The van der Waals surface area contributed by atoms with Crippen molar-refractivity contribution in [1.29, 1.82) is 0 Å². The standard InChI is InChI=1S/C15H21N/c1-12(2)13-6-8-14(9-7-13)15-5-4-10-16(3)11-15/h5-9,12H,4,10-11H2,1-3H3. The second-order valence-corrected chi connectivity index (χ2v) is 5.03. The maximum atomic E-state index is 2.38. The molecule has 0 amide bonds. The first-order chi connectivity index (χ1) is 7.66. The zero-order chi connectivity index (χ0) is 11.5. The van der Waals surface area contributed by atoms with Crippen LogP contribution in [0, 0.1) is 0 Å². The van der Waals surface area contributed by atoms with E-state index in [9.17, 15) is 0 Å². The number of nitrogens with zero attached hydrogens (tertiary/aromatic N) is 1. The summed E-state index contributed by atoms with van der Waals surface area (Å²) in [6.07, 6.45) is 3.56. The van der Waals surface area contributed by atoms with E-state index in [1.54, 1.807) is 0 Å². The summed E-state index contributed by atoms with van der Waals surface area (Å²) >= 11 is 0. The van der Waals surface area contributed by atoms with Crippen molar-refractivity contribution in [2.24, 2.45) is 0 Å². The van der Waals surface area contributed by atoms with Crippen LogP contribution in [0.15, 0.2) is 30.3 Å². The highest BCUT2D eigenvalue weighted by molar-refractivity contribution is 5.67. The minimum Gasteiger partial charge on any atom is -0.302 e. The van der Waals surface area contributed by atoms with Crippen molar-refractivity contribution in [3.05, 3.63) is 41.5 Å². The Morgan fingerprint density at radius 2 is 1.81 bits per heavy atom. The molecule has 1 aliphatic rings. The van der Waals surface area contributed by atoms with Gasteiger partial charge in [-0.15, -0.1) is 0 Å². The highest BCUT2D eigenvalue weighted by Gasteiger charge is 2.10. The van der Waals surface area contributed by atoms with Crippen LogP contribution in [0.1, 0.15) is 37.3 Å². The molecular weight excluding hydrogens is 194 g/mol. The highest BCUT2D eigenvalue weighted by Crippen LogP contribution is 2.22. The quantitative estimate of drug-likeness (QED) is 0.729. The van der Waals surface area contributed by atoms with Gasteiger partial charge in [0.1, 0.15) is 0 Å². The van der Waals surface area contributed by atoms with Crippen LogP contribution in [0.25, 0.3) is 5.57 Å². The van der Waals surface area contributed by atoms with Gasteiger partial charge in [-0.2, -0.15) is 0 Å². The molecule has 0 bridgehead atoms. The minimum absolute atomic E-state index is 0.622. The van der Waals surface area contributed by atoms with Gasteiger partial charge in [-0.25, -0.2) is 0 Å². The zero-order valence-corrected chi connectivity index (χ0v) is 10.5. The Labute approximate surface area is 98.8 Å². The van der Waals surface area contributed by atoms with Gasteiger partial charge in [-0.1, -0.05) is 44.2 Å². The van der Waals surface area contributed by atoms with Crippen LogP contribution in [0.3, 0.4) is 0 Å². The zero-order valence-electron chi connectivity index (χ0n) is 10.5. The lowest BCUT2D eigenvalue weighted by atomic mass is 9.97. The molecule has 1 heteroatoms. The summed E-state index contributed by atoms with van der Waals surface area (Å²) < 4.78 is 0. The van der Waals surface area contributed by atoms with Crippen molar-refractivity contribution in [1.82, 2.24) is 4.90 Å². The summed E-state index contributed by atoms with van der Waals surface area (Å²) in [5.74, 6) is 0.622. The van der Waals surface area contributed by atoms with E-state index in [2.05, 4.69) is 56.1 Å². The molecule has 0 radical (unpaired) electrons. The molecule has 0 aromatic heterocycles. The van der Waals surface area contributed by atoms with Crippen LogP contribution >= 0.6 is 0 Å². The first-order valence-electron chi connectivity index (χ1n) is 6.14. The topological polar surface area (TPSA) is 3.24 Å². The molecule has 16 heavy (non-hydrogen) atoms. The molecule has 1 heterocycles.